The third-order valence-corrected chi connectivity index (χ3v) is 3.05. The molecule has 2 aromatic carbocycles. The van der Waals surface area contributed by atoms with E-state index in [-0.39, 0.29) is 17.2 Å². The molecule has 0 saturated carbocycles. The van der Waals surface area contributed by atoms with Gasteiger partial charge >= 0.3 is 0 Å². The lowest BCUT2D eigenvalue weighted by molar-refractivity contribution is 0.102. The minimum atomic E-state index is -0.379. The molecule has 2 aromatic rings. The van der Waals surface area contributed by atoms with Crippen LogP contribution in [-0.4, -0.2) is 11.0 Å². The predicted octanol–water partition coefficient (Wildman–Crippen LogP) is 4.06. The Balaban J connectivity index is 2.21. The average molecular weight is 327 g/mol. The maximum atomic E-state index is 11.9. The van der Waals surface area contributed by atoms with Crippen molar-refractivity contribution in [3.63, 3.8) is 0 Å². The molecule has 0 fully saturated rings. The van der Waals surface area contributed by atoms with Crippen LogP contribution >= 0.6 is 27.5 Å². The van der Waals surface area contributed by atoms with E-state index in [0.29, 0.717) is 10.7 Å². The van der Waals surface area contributed by atoms with Crippen molar-refractivity contribution in [2.45, 2.75) is 0 Å². The molecule has 0 bridgehead atoms. The Morgan fingerprint density at radius 1 is 1.17 bits per heavy atom. The Morgan fingerprint density at radius 2 is 1.83 bits per heavy atom. The Labute approximate surface area is 118 Å². The Bertz CT molecular complexity index is 584. The maximum absolute atomic E-state index is 11.9. The first-order chi connectivity index (χ1) is 8.56. The van der Waals surface area contributed by atoms with Gasteiger partial charge in [-0.3, -0.25) is 4.79 Å². The molecule has 0 aromatic heterocycles. The molecule has 0 spiro atoms. The fourth-order valence-electron chi connectivity index (χ4n) is 1.42. The van der Waals surface area contributed by atoms with Gasteiger partial charge in [0.15, 0.2) is 0 Å². The molecule has 0 aliphatic rings. The number of hydrogen-bond acceptors (Lipinski definition) is 2. The molecule has 0 aliphatic heterocycles. The number of halogens is 2. The van der Waals surface area contributed by atoms with Crippen LogP contribution in [0.5, 0.6) is 5.75 Å². The highest BCUT2D eigenvalue weighted by atomic mass is 79.9. The van der Waals surface area contributed by atoms with E-state index >= 15 is 0 Å². The van der Waals surface area contributed by atoms with E-state index in [1.807, 2.05) is 0 Å². The molecule has 1 amide bonds. The van der Waals surface area contributed by atoms with Crippen LogP contribution in [0.4, 0.5) is 5.69 Å². The predicted molar refractivity (Wildman–Crippen MR) is 75.2 cm³/mol. The van der Waals surface area contributed by atoms with Crippen LogP contribution in [0.15, 0.2) is 46.9 Å². The monoisotopic (exact) mass is 325 g/mol. The number of carbonyl (C=O) groups is 1. The Hall–Kier alpha value is -1.52. The molecule has 0 heterocycles. The van der Waals surface area contributed by atoms with Crippen molar-refractivity contribution in [3.8, 4) is 5.75 Å². The van der Waals surface area contributed by atoms with Gasteiger partial charge < -0.3 is 10.4 Å². The fourth-order valence-corrected chi connectivity index (χ4v) is 1.91. The lowest BCUT2D eigenvalue weighted by Gasteiger charge is -2.07. The minimum Gasteiger partial charge on any atom is -0.507 e. The second-order valence-electron chi connectivity index (χ2n) is 3.62. The van der Waals surface area contributed by atoms with Crippen LogP contribution < -0.4 is 5.32 Å². The van der Waals surface area contributed by atoms with E-state index in [2.05, 4.69) is 21.2 Å². The van der Waals surface area contributed by atoms with E-state index in [4.69, 9.17) is 11.6 Å². The van der Waals surface area contributed by atoms with Crippen LogP contribution in [-0.2, 0) is 0 Å². The van der Waals surface area contributed by atoms with Crippen molar-refractivity contribution in [2.75, 3.05) is 5.32 Å². The molecule has 0 atom stereocenters. The number of phenolic OH excluding ortho intramolecular Hbond substituents is 1. The zero-order valence-corrected chi connectivity index (χ0v) is 11.5. The quantitative estimate of drug-likeness (QED) is 0.874. The third kappa shape index (κ3) is 3.03. The molecule has 92 valence electrons. The molecular formula is C13H9BrClNO2. The van der Waals surface area contributed by atoms with Crippen LogP contribution in [0.2, 0.25) is 5.02 Å². The highest BCUT2D eigenvalue weighted by Crippen LogP contribution is 2.23. The lowest BCUT2D eigenvalue weighted by atomic mass is 10.2. The number of anilines is 1. The Morgan fingerprint density at radius 3 is 2.50 bits per heavy atom. The number of hydrogen-bond donors (Lipinski definition) is 2. The number of phenols is 1. The van der Waals surface area contributed by atoms with Crippen molar-refractivity contribution >= 4 is 39.1 Å². The average Bonchev–Trinajstić information content (AvgIpc) is 2.35. The van der Waals surface area contributed by atoms with Gasteiger partial charge in [0.2, 0.25) is 0 Å². The largest absolute Gasteiger partial charge is 0.507 e. The van der Waals surface area contributed by atoms with Crippen molar-refractivity contribution in [1.82, 2.24) is 0 Å². The van der Waals surface area contributed by atoms with E-state index < -0.39 is 0 Å². The summed E-state index contributed by atoms with van der Waals surface area (Å²) in [6.07, 6.45) is 0. The summed E-state index contributed by atoms with van der Waals surface area (Å²) >= 11 is 9.00. The minimum absolute atomic E-state index is 0.0651. The highest BCUT2D eigenvalue weighted by molar-refractivity contribution is 9.10. The summed E-state index contributed by atoms with van der Waals surface area (Å²) in [5.41, 5.74) is 0.822. The number of nitrogens with one attached hydrogen (secondary N) is 1. The second kappa shape index (κ2) is 5.42. The van der Waals surface area contributed by atoms with E-state index in [1.165, 1.54) is 6.07 Å². The molecule has 0 radical (unpaired) electrons. The highest BCUT2D eigenvalue weighted by Gasteiger charge is 2.11. The number of aromatic hydroxyl groups is 1. The molecule has 0 unspecified atom stereocenters. The second-order valence-corrected chi connectivity index (χ2v) is 4.97. The number of amides is 1. The van der Waals surface area contributed by atoms with E-state index in [9.17, 15) is 9.90 Å². The van der Waals surface area contributed by atoms with Crippen LogP contribution in [0, 0.1) is 0 Å². The van der Waals surface area contributed by atoms with Crippen LogP contribution in [0.3, 0.4) is 0 Å². The lowest BCUT2D eigenvalue weighted by Crippen LogP contribution is -2.11. The first-order valence-corrected chi connectivity index (χ1v) is 6.29. The summed E-state index contributed by atoms with van der Waals surface area (Å²) in [5.74, 6) is -0.444. The van der Waals surface area contributed by atoms with Crippen molar-refractivity contribution in [1.29, 1.82) is 0 Å². The molecule has 2 rings (SSSR count). The smallest absolute Gasteiger partial charge is 0.259 e. The SMILES string of the molecule is O=C(Nc1ccc(Cl)cc1)c1cc(Br)ccc1O. The van der Waals surface area contributed by atoms with Gasteiger partial charge in [-0.25, -0.2) is 0 Å². The van der Waals surface area contributed by atoms with Crippen molar-refractivity contribution in [3.05, 3.63) is 57.5 Å². The van der Waals surface area contributed by atoms with Gasteiger partial charge in [-0.05, 0) is 42.5 Å². The first-order valence-electron chi connectivity index (χ1n) is 5.12. The summed E-state index contributed by atoms with van der Waals surface area (Å²) in [6, 6.07) is 11.4. The van der Waals surface area contributed by atoms with Gasteiger partial charge in [-0.15, -0.1) is 0 Å². The first kappa shape index (κ1) is 12.9. The summed E-state index contributed by atoms with van der Waals surface area (Å²) in [5, 5.41) is 12.9. The number of rotatable bonds is 2. The maximum Gasteiger partial charge on any atom is 0.259 e. The third-order valence-electron chi connectivity index (χ3n) is 2.31. The van der Waals surface area contributed by atoms with Gasteiger partial charge in [0.25, 0.3) is 5.91 Å². The van der Waals surface area contributed by atoms with Gasteiger partial charge in [0, 0.05) is 15.2 Å². The number of benzene rings is 2. The van der Waals surface area contributed by atoms with Gasteiger partial charge in [0.05, 0.1) is 5.56 Å². The number of carbonyl (C=O) groups excluding carboxylic acids is 1. The van der Waals surface area contributed by atoms with Gasteiger partial charge in [0.1, 0.15) is 5.75 Å². The normalized spacial score (nSPS) is 10.1. The van der Waals surface area contributed by atoms with Crippen LogP contribution in [0.1, 0.15) is 10.4 Å². The fraction of sp³-hybridized carbons (Fsp3) is 0. The molecule has 2 N–H and O–H groups in total. The van der Waals surface area contributed by atoms with Crippen LogP contribution in [0.25, 0.3) is 0 Å². The molecule has 0 aliphatic carbocycles. The molecular weight excluding hydrogens is 318 g/mol. The van der Waals surface area contributed by atoms with Crippen molar-refractivity contribution < 1.29 is 9.90 Å². The zero-order valence-electron chi connectivity index (χ0n) is 9.15. The topological polar surface area (TPSA) is 49.3 Å². The summed E-state index contributed by atoms with van der Waals surface area (Å²) in [4.78, 5) is 11.9. The molecule has 0 saturated heterocycles. The van der Waals surface area contributed by atoms with Crippen molar-refractivity contribution in [2.24, 2.45) is 0 Å². The summed E-state index contributed by atoms with van der Waals surface area (Å²) < 4.78 is 0.724. The zero-order chi connectivity index (χ0) is 13.1. The Kier molecular flexibility index (Phi) is 3.89. The van der Waals surface area contributed by atoms with E-state index in [1.54, 1.807) is 36.4 Å². The van der Waals surface area contributed by atoms with Gasteiger partial charge in [-0.1, -0.05) is 27.5 Å². The molecule has 5 heteroatoms. The standard InChI is InChI=1S/C13H9BrClNO2/c14-8-1-6-12(17)11(7-8)13(18)16-10-4-2-9(15)3-5-10/h1-7,17H,(H,16,18). The van der Waals surface area contributed by atoms with E-state index in [0.717, 1.165) is 4.47 Å². The molecule has 18 heavy (non-hydrogen) atoms. The molecule has 3 nitrogen and oxygen atoms in total. The van der Waals surface area contributed by atoms with Gasteiger partial charge in [-0.2, -0.15) is 0 Å². The summed E-state index contributed by atoms with van der Waals surface area (Å²) in [7, 11) is 0. The summed E-state index contributed by atoms with van der Waals surface area (Å²) in [6.45, 7) is 0.